The summed E-state index contributed by atoms with van der Waals surface area (Å²) in [6, 6.07) is 12.9. The highest BCUT2D eigenvalue weighted by molar-refractivity contribution is 7.99. The quantitative estimate of drug-likeness (QED) is 0.280. The van der Waals surface area contributed by atoms with Crippen LogP contribution in [0.15, 0.2) is 59.9 Å². The Hall–Kier alpha value is -3.18. The molecule has 11 heteroatoms. The van der Waals surface area contributed by atoms with E-state index in [-0.39, 0.29) is 18.1 Å². The molecule has 0 amide bonds. The summed E-state index contributed by atoms with van der Waals surface area (Å²) < 4.78 is 42.7. The van der Waals surface area contributed by atoms with Crippen molar-refractivity contribution in [2.45, 2.75) is 11.7 Å². The molecule has 0 N–H and O–H groups in total. The highest BCUT2D eigenvalue weighted by Gasteiger charge is 2.22. The van der Waals surface area contributed by atoms with Gasteiger partial charge in [0.15, 0.2) is 16.8 Å². The van der Waals surface area contributed by atoms with Crippen LogP contribution in [-0.2, 0) is 30.7 Å². The van der Waals surface area contributed by atoms with Crippen LogP contribution >= 0.6 is 11.8 Å². The molecule has 4 rings (SSSR count). The molecule has 0 fully saturated rings. The lowest BCUT2D eigenvalue weighted by Crippen LogP contribution is -2.30. The van der Waals surface area contributed by atoms with Crippen LogP contribution in [0.25, 0.3) is 10.9 Å². The molecule has 0 saturated heterocycles. The number of benzene rings is 2. The number of halogens is 1. The van der Waals surface area contributed by atoms with Crippen molar-refractivity contribution in [2.24, 2.45) is 14.1 Å². The number of rotatable bonds is 8. The number of Topliss-reactive ketones (excluding diaryl/α,β-unsaturated/α-hetero) is 1. The lowest BCUT2D eigenvalue weighted by molar-refractivity contribution is 0.102. The van der Waals surface area contributed by atoms with Crippen molar-refractivity contribution in [2.75, 3.05) is 16.3 Å². The largest absolute Gasteiger partial charge is 0.350 e. The third-order valence-electron chi connectivity index (χ3n) is 5.25. The standard InChI is InChI=1S/C22H22FN5O3S2/c1-26-12-18(17-6-4-5-7-19(17)26)20(29)14-32-22-25-24-21(27(22)2)13-28(33(3,30)31)16-10-8-15(23)9-11-16/h4-12H,13-14H2,1-3H3. The molecule has 0 unspecified atom stereocenters. The van der Waals surface area contributed by atoms with Crippen LogP contribution in [0.1, 0.15) is 16.2 Å². The van der Waals surface area contributed by atoms with Gasteiger partial charge in [0.25, 0.3) is 0 Å². The fraction of sp³-hybridized carbons (Fsp3) is 0.227. The van der Waals surface area contributed by atoms with Gasteiger partial charge in [0.1, 0.15) is 5.82 Å². The summed E-state index contributed by atoms with van der Waals surface area (Å²) in [5, 5.41) is 9.63. The van der Waals surface area contributed by atoms with Crippen LogP contribution in [-0.4, -0.2) is 45.5 Å². The minimum atomic E-state index is -3.65. The number of aromatic nitrogens is 4. The second kappa shape index (κ2) is 8.99. The van der Waals surface area contributed by atoms with E-state index in [1.54, 1.807) is 11.6 Å². The van der Waals surface area contributed by atoms with Crippen molar-refractivity contribution in [3.8, 4) is 0 Å². The molecule has 0 spiro atoms. The van der Waals surface area contributed by atoms with E-state index < -0.39 is 15.8 Å². The molecule has 33 heavy (non-hydrogen) atoms. The maximum absolute atomic E-state index is 13.3. The van der Waals surface area contributed by atoms with Crippen LogP contribution in [0, 0.1) is 5.82 Å². The minimum Gasteiger partial charge on any atom is -0.350 e. The summed E-state index contributed by atoms with van der Waals surface area (Å²) in [4.78, 5) is 12.9. The summed E-state index contributed by atoms with van der Waals surface area (Å²) in [5.41, 5.74) is 1.94. The van der Waals surface area contributed by atoms with Crippen molar-refractivity contribution in [3.05, 3.63) is 71.9 Å². The lowest BCUT2D eigenvalue weighted by atomic mass is 10.1. The van der Waals surface area contributed by atoms with Gasteiger partial charge in [-0.3, -0.25) is 9.10 Å². The fourth-order valence-corrected chi connectivity index (χ4v) is 5.18. The van der Waals surface area contributed by atoms with Gasteiger partial charge in [0, 0.05) is 36.8 Å². The zero-order chi connectivity index (χ0) is 23.8. The molecule has 172 valence electrons. The average Bonchev–Trinajstić information content (AvgIpc) is 3.30. The van der Waals surface area contributed by atoms with E-state index in [0.29, 0.717) is 22.2 Å². The van der Waals surface area contributed by atoms with Gasteiger partial charge in [-0.15, -0.1) is 10.2 Å². The summed E-state index contributed by atoms with van der Waals surface area (Å²) in [5.74, 6) is 0.0592. The highest BCUT2D eigenvalue weighted by atomic mass is 32.2. The predicted molar refractivity (Wildman–Crippen MR) is 126 cm³/mol. The number of nitrogens with zero attached hydrogens (tertiary/aromatic N) is 5. The number of para-hydroxylation sites is 1. The number of carbonyl (C=O) groups excluding carboxylic acids is 1. The first-order valence-corrected chi connectivity index (χ1v) is 12.8. The van der Waals surface area contributed by atoms with Crippen molar-refractivity contribution in [1.29, 1.82) is 0 Å². The third-order valence-corrected chi connectivity index (χ3v) is 7.42. The van der Waals surface area contributed by atoms with E-state index in [0.717, 1.165) is 21.5 Å². The second-order valence-corrected chi connectivity index (χ2v) is 10.4. The molecule has 0 aliphatic heterocycles. The number of hydrogen-bond donors (Lipinski definition) is 0. The predicted octanol–water partition coefficient (Wildman–Crippen LogP) is 3.39. The number of fused-ring (bicyclic) bond motifs is 1. The van der Waals surface area contributed by atoms with E-state index in [4.69, 9.17) is 0 Å². The molecule has 0 atom stereocenters. The molecule has 2 heterocycles. The molecule has 8 nitrogen and oxygen atoms in total. The Kier molecular flexibility index (Phi) is 6.26. The van der Waals surface area contributed by atoms with Gasteiger partial charge < -0.3 is 9.13 Å². The summed E-state index contributed by atoms with van der Waals surface area (Å²) in [6.07, 6.45) is 2.90. The smallest absolute Gasteiger partial charge is 0.232 e. The van der Waals surface area contributed by atoms with Crippen LogP contribution in [0.2, 0.25) is 0 Å². The first kappa shape index (κ1) is 23.0. The van der Waals surface area contributed by atoms with Crippen LogP contribution in [0.4, 0.5) is 10.1 Å². The number of carbonyl (C=O) groups is 1. The number of hydrogen-bond acceptors (Lipinski definition) is 6. The normalized spacial score (nSPS) is 11.8. The zero-order valence-electron chi connectivity index (χ0n) is 18.3. The molecule has 0 aliphatic carbocycles. The van der Waals surface area contributed by atoms with Gasteiger partial charge in [0.2, 0.25) is 10.0 Å². The average molecular weight is 488 g/mol. The molecular formula is C22H22FN5O3S2. The lowest BCUT2D eigenvalue weighted by Gasteiger charge is -2.21. The number of anilines is 1. The van der Waals surface area contributed by atoms with E-state index in [1.807, 2.05) is 42.1 Å². The Morgan fingerprint density at radius 1 is 1.09 bits per heavy atom. The zero-order valence-corrected chi connectivity index (χ0v) is 19.9. The molecule has 0 bridgehead atoms. The number of ketones is 1. The van der Waals surface area contributed by atoms with Crippen LogP contribution in [0.5, 0.6) is 0 Å². The van der Waals surface area contributed by atoms with Gasteiger partial charge in [-0.1, -0.05) is 30.0 Å². The molecular weight excluding hydrogens is 465 g/mol. The fourth-order valence-electron chi connectivity index (χ4n) is 3.52. The number of aryl methyl sites for hydroxylation is 1. The topological polar surface area (TPSA) is 90.1 Å². The maximum Gasteiger partial charge on any atom is 0.232 e. The first-order chi connectivity index (χ1) is 15.6. The van der Waals surface area contributed by atoms with Gasteiger partial charge in [0.05, 0.1) is 24.2 Å². The van der Waals surface area contributed by atoms with Gasteiger partial charge >= 0.3 is 0 Å². The first-order valence-electron chi connectivity index (χ1n) is 9.97. The van der Waals surface area contributed by atoms with E-state index in [1.165, 1.54) is 36.0 Å². The minimum absolute atomic E-state index is 0.0366. The Balaban J connectivity index is 1.51. The number of thioether (sulfide) groups is 1. The van der Waals surface area contributed by atoms with Gasteiger partial charge in [-0.25, -0.2) is 12.8 Å². The van der Waals surface area contributed by atoms with Crippen LogP contribution < -0.4 is 4.31 Å². The van der Waals surface area contributed by atoms with E-state index in [9.17, 15) is 17.6 Å². The SMILES string of the molecule is Cn1c(CN(c2ccc(F)cc2)S(C)(=O)=O)nnc1SCC(=O)c1cn(C)c2ccccc12. The van der Waals surface area contributed by atoms with Crippen molar-refractivity contribution >= 4 is 44.2 Å². The Morgan fingerprint density at radius 2 is 1.79 bits per heavy atom. The van der Waals surface area contributed by atoms with Crippen LogP contribution in [0.3, 0.4) is 0 Å². The monoisotopic (exact) mass is 487 g/mol. The van der Waals surface area contributed by atoms with Crippen molar-refractivity contribution in [3.63, 3.8) is 0 Å². The van der Waals surface area contributed by atoms with Crippen molar-refractivity contribution in [1.82, 2.24) is 19.3 Å². The molecule has 0 aliphatic rings. The molecule has 0 saturated carbocycles. The summed E-state index contributed by atoms with van der Waals surface area (Å²) in [6.45, 7) is -0.0776. The molecule has 0 radical (unpaired) electrons. The highest BCUT2D eigenvalue weighted by Crippen LogP contribution is 2.25. The third kappa shape index (κ3) is 4.79. The Morgan fingerprint density at radius 3 is 2.48 bits per heavy atom. The van der Waals surface area contributed by atoms with E-state index in [2.05, 4.69) is 10.2 Å². The molecule has 2 aromatic heterocycles. The van der Waals surface area contributed by atoms with E-state index >= 15 is 0 Å². The maximum atomic E-state index is 13.3. The summed E-state index contributed by atoms with van der Waals surface area (Å²) in [7, 11) is -0.0381. The second-order valence-electron chi connectivity index (χ2n) is 7.59. The van der Waals surface area contributed by atoms with Gasteiger partial charge in [-0.2, -0.15) is 0 Å². The number of sulfonamides is 1. The molecule has 2 aromatic carbocycles. The van der Waals surface area contributed by atoms with Crippen molar-refractivity contribution < 1.29 is 17.6 Å². The molecule has 4 aromatic rings. The Bertz CT molecular complexity index is 1430. The Labute approximate surface area is 195 Å². The van der Waals surface area contributed by atoms with Gasteiger partial charge in [-0.05, 0) is 30.3 Å². The summed E-state index contributed by atoms with van der Waals surface area (Å²) >= 11 is 1.23.